The molecule has 2 aliphatic heterocycles. The van der Waals surface area contributed by atoms with Crippen LogP contribution in [0.1, 0.15) is 34.3 Å². The number of rotatable bonds is 1. The zero-order valence-electron chi connectivity index (χ0n) is 14.9. The van der Waals surface area contributed by atoms with Gasteiger partial charge in [-0.3, -0.25) is 9.59 Å². The molecule has 134 valence electrons. The van der Waals surface area contributed by atoms with Gasteiger partial charge < -0.3 is 9.80 Å². The molecular weight excluding hydrogens is 328 g/mol. The summed E-state index contributed by atoms with van der Waals surface area (Å²) in [5.74, 6) is 0.163. The number of fused-ring (bicyclic) bond motifs is 1. The highest BCUT2D eigenvalue weighted by Gasteiger charge is 2.45. The smallest absolute Gasteiger partial charge is 0.255 e. The number of hydrogen-bond donors (Lipinski definition) is 0. The number of nitrogens with zero attached hydrogens (tertiary/aromatic N) is 4. The van der Waals surface area contributed by atoms with Gasteiger partial charge in [-0.1, -0.05) is 24.3 Å². The summed E-state index contributed by atoms with van der Waals surface area (Å²) in [5.41, 5.74) is 2.62. The van der Waals surface area contributed by atoms with E-state index in [1.807, 2.05) is 29.0 Å². The van der Waals surface area contributed by atoms with Crippen LogP contribution in [-0.2, 0) is 17.8 Å². The fourth-order valence-corrected chi connectivity index (χ4v) is 4.18. The summed E-state index contributed by atoms with van der Waals surface area (Å²) >= 11 is 0. The molecule has 1 aromatic heterocycles. The summed E-state index contributed by atoms with van der Waals surface area (Å²) in [6.07, 6.45) is 5.15. The first-order valence-electron chi connectivity index (χ1n) is 8.97. The van der Waals surface area contributed by atoms with Crippen molar-refractivity contribution < 1.29 is 9.59 Å². The van der Waals surface area contributed by atoms with Crippen LogP contribution in [0.15, 0.2) is 42.7 Å². The number of piperidine rings is 1. The van der Waals surface area contributed by atoms with Crippen LogP contribution < -0.4 is 0 Å². The van der Waals surface area contributed by atoms with E-state index in [-0.39, 0.29) is 11.8 Å². The minimum Gasteiger partial charge on any atom is -0.341 e. The first kappa shape index (κ1) is 16.7. The molecule has 0 aliphatic carbocycles. The van der Waals surface area contributed by atoms with E-state index >= 15 is 0 Å². The molecule has 0 atom stereocenters. The van der Waals surface area contributed by atoms with Crippen LogP contribution in [-0.4, -0.2) is 51.9 Å². The maximum Gasteiger partial charge on any atom is 0.255 e. The van der Waals surface area contributed by atoms with E-state index in [0.29, 0.717) is 38.0 Å². The van der Waals surface area contributed by atoms with Gasteiger partial charge in [0.05, 0.1) is 23.4 Å². The third-order valence-corrected chi connectivity index (χ3v) is 5.69. The van der Waals surface area contributed by atoms with Crippen LogP contribution >= 0.6 is 0 Å². The number of aromatic nitrogens is 2. The fraction of sp³-hybridized carbons (Fsp3) is 0.400. The summed E-state index contributed by atoms with van der Waals surface area (Å²) in [5, 5.41) is 7.51. The van der Waals surface area contributed by atoms with Crippen molar-refractivity contribution in [1.82, 2.24) is 20.0 Å². The summed E-state index contributed by atoms with van der Waals surface area (Å²) in [6, 6.07) is 9.98. The molecule has 0 radical (unpaired) electrons. The Morgan fingerprint density at radius 1 is 1.08 bits per heavy atom. The second-order valence-corrected chi connectivity index (χ2v) is 7.31. The summed E-state index contributed by atoms with van der Waals surface area (Å²) in [6.45, 7) is 1.83. The number of carbonyl (C=O) groups is 2. The molecular formula is C20H22N4O2. The van der Waals surface area contributed by atoms with Crippen LogP contribution in [0.3, 0.4) is 0 Å². The second-order valence-electron chi connectivity index (χ2n) is 7.31. The van der Waals surface area contributed by atoms with Gasteiger partial charge >= 0.3 is 0 Å². The highest BCUT2D eigenvalue weighted by molar-refractivity contribution is 5.94. The first-order chi connectivity index (χ1) is 12.6. The van der Waals surface area contributed by atoms with Crippen LogP contribution in [0.4, 0.5) is 0 Å². The predicted octanol–water partition coefficient (Wildman–Crippen LogP) is 1.91. The standard InChI is InChI=1S/C20H22N4O2/c1-23-14-17-5-3-2-4-15(17)12-20(19(23)26)7-10-24(11-8-20)18(25)16-6-9-21-22-13-16/h2-6,9,13H,7-8,10-12,14H2,1H3. The van der Waals surface area contributed by atoms with Gasteiger partial charge in [-0.15, -0.1) is 0 Å². The Hall–Kier alpha value is -2.76. The van der Waals surface area contributed by atoms with Gasteiger partial charge in [-0.2, -0.15) is 10.2 Å². The van der Waals surface area contributed by atoms with E-state index in [1.54, 1.807) is 6.07 Å². The number of amides is 2. The normalized spacial score (nSPS) is 19.2. The molecule has 2 aliphatic rings. The molecule has 6 nitrogen and oxygen atoms in total. The molecule has 0 bridgehead atoms. The van der Waals surface area contributed by atoms with E-state index < -0.39 is 5.41 Å². The lowest BCUT2D eigenvalue weighted by atomic mass is 9.73. The quantitative estimate of drug-likeness (QED) is 0.788. The molecule has 2 amide bonds. The van der Waals surface area contributed by atoms with E-state index in [1.165, 1.54) is 23.5 Å². The summed E-state index contributed by atoms with van der Waals surface area (Å²) < 4.78 is 0. The molecule has 2 aromatic rings. The first-order valence-corrected chi connectivity index (χ1v) is 8.97. The minimum absolute atomic E-state index is 0.0374. The summed E-state index contributed by atoms with van der Waals surface area (Å²) in [4.78, 5) is 29.5. The van der Waals surface area contributed by atoms with Crippen molar-refractivity contribution in [3.05, 3.63) is 59.4 Å². The second kappa shape index (κ2) is 6.52. The van der Waals surface area contributed by atoms with Crippen molar-refractivity contribution >= 4 is 11.8 Å². The zero-order chi connectivity index (χ0) is 18.1. The SMILES string of the molecule is CN1Cc2ccccc2CC2(CCN(C(=O)c3ccnnc3)CC2)C1=O. The van der Waals surface area contributed by atoms with Gasteiger partial charge in [-0.05, 0) is 36.5 Å². The van der Waals surface area contributed by atoms with Gasteiger partial charge in [0, 0.05) is 26.7 Å². The molecule has 1 aromatic carbocycles. The van der Waals surface area contributed by atoms with Gasteiger partial charge in [0.25, 0.3) is 5.91 Å². The van der Waals surface area contributed by atoms with Gasteiger partial charge in [0.1, 0.15) is 0 Å². The third-order valence-electron chi connectivity index (χ3n) is 5.69. The molecule has 6 heteroatoms. The number of likely N-dealkylation sites (tertiary alicyclic amines) is 1. The average molecular weight is 350 g/mol. The topological polar surface area (TPSA) is 66.4 Å². The van der Waals surface area contributed by atoms with Gasteiger partial charge in [-0.25, -0.2) is 0 Å². The summed E-state index contributed by atoms with van der Waals surface area (Å²) in [7, 11) is 1.88. The van der Waals surface area contributed by atoms with Crippen molar-refractivity contribution in [1.29, 1.82) is 0 Å². The molecule has 4 rings (SSSR count). The Bertz CT molecular complexity index is 829. The lowest BCUT2D eigenvalue weighted by Crippen LogP contribution is -2.50. The molecule has 3 heterocycles. The van der Waals surface area contributed by atoms with Crippen molar-refractivity contribution in [2.24, 2.45) is 5.41 Å². The minimum atomic E-state index is -0.408. The molecule has 0 saturated carbocycles. The zero-order valence-corrected chi connectivity index (χ0v) is 14.9. The van der Waals surface area contributed by atoms with Crippen molar-refractivity contribution in [2.75, 3.05) is 20.1 Å². The van der Waals surface area contributed by atoms with Crippen molar-refractivity contribution in [2.45, 2.75) is 25.8 Å². The Labute approximate surface area is 152 Å². The molecule has 1 fully saturated rings. The van der Waals surface area contributed by atoms with Gasteiger partial charge in [0.2, 0.25) is 5.91 Å². The van der Waals surface area contributed by atoms with Crippen LogP contribution in [0.25, 0.3) is 0 Å². The lowest BCUT2D eigenvalue weighted by Gasteiger charge is -2.41. The monoisotopic (exact) mass is 350 g/mol. The van der Waals surface area contributed by atoms with Crippen LogP contribution in [0.2, 0.25) is 0 Å². The molecule has 0 N–H and O–H groups in total. The Balaban J connectivity index is 1.55. The van der Waals surface area contributed by atoms with E-state index in [0.717, 1.165) is 6.42 Å². The molecule has 1 spiro atoms. The number of hydrogen-bond acceptors (Lipinski definition) is 4. The van der Waals surface area contributed by atoms with E-state index in [9.17, 15) is 9.59 Å². The average Bonchev–Trinajstić information content (AvgIpc) is 2.78. The van der Waals surface area contributed by atoms with Crippen molar-refractivity contribution in [3.8, 4) is 0 Å². The van der Waals surface area contributed by atoms with Gasteiger partial charge in [0.15, 0.2) is 0 Å². The van der Waals surface area contributed by atoms with E-state index in [4.69, 9.17) is 0 Å². The van der Waals surface area contributed by atoms with Crippen LogP contribution in [0.5, 0.6) is 0 Å². The highest BCUT2D eigenvalue weighted by Crippen LogP contribution is 2.40. The van der Waals surface area contributed by atoms with Crippen molar-refractivity contribution in [3.63, 3.8) is 0 Å². The van der Waals surface area contributed by atoms with Crippen LogP contribution in [0, 0.1) is 5.41 Å². The fourth-order valence-electron chi connectivity index (χ4n) is 4.18. The Morgan fingerprint density at radius 2 is 1.81 bits per heavy atom. The van der Waals surface area contributed by atoms with E-state index in [2.05, 4.69) is 22.3 Å². The third kappa shape index (κ3) is 2.85. The molecule has 0 unspecified atom stereocenters. The number of benzene rings is 1. The lowest BCUT2D eigenvalue weighted by molar-refractivity contribution is -0.143. The molecule has 1 saturated heterocycles. The predicted molar refractivity (Wildman–Crippen MR) is 96.2 cm³/mol. The number of carbonyl (C=O) groups excluding carboxylic acids is 2. The highest BCUT2D eigenvalue weighted by atomic mass is 16.2. The largest absolute Gasteiger partial charge is 0.341 e. The molecule has 26 heavy (non-hydrogen) atoms. The maximum absolute atomic E-state index is 13.1. The maximum atomic E-state index is 13.1. The Morgan fingerprint density at radius 3 is 2.50 bits per heavy atom. The Kier molecular flexibility index (Phi) is 4.18.